The van der Waals surface area contributed by atoms with Crippen LogP contribution in [-0.2, 0) is 11.2 Å². The van der Waals surface area contributed by atoms with Crippen molar-refractivity contribution >= 4 is 28.4 Å². The predicted molar refractivity (Wildman–Crippen MR) is 101 cm³/mol. The maximum absolute atomic E-state index is 12.7. The van der Waals surface area contributed by atoms with E-state index in [9.17, 15) is 9.59 Å². The van der Waals surface area contributed by atoms with Crippen LogP contribution in [0.5, 0.6) is 0 Å². The molecule has 0 saturated carbocycles. The van der Waals surface area contributed by atoms with Gasteiger partial charge in [-0.25, -0.2) is 0 Å². The van der Waals surface area contributed by atoms with Gasteiger partial charge in [0.05, 0.1) is 6.04 Å². The van der Waals surface area contributed by atoms with Crippen LogP contribution in [0.15, 0.2) is 41.3 Å². The number of carbonyl (C=O) groups excluding carboxylic acids is 1. The highest BCUT2D eigenvalue weighted by atomic mass is 35.5. The molecule has 1 aromatic carbocycles. The summed E-state index contributed by atoms with van der Waals surface area (Å²) in [4.78, 5) is 32.1. The van der Waals surface area contributed by atoms with Gasteiger partial charge in [0.25, 0.3) is 0 Å². The maximum atomic E-state index is 12.7. The maximum Gasteiger partial charge on any atom is 0.247 e. The predicted octanol–water partition coefficient (Wildman–Crippen LogP) is 2.33. The molecule has 0 saturated heterocycles. The lowest BCUT2D eigenvalue weighted by Crippen LogP contribution is -2.41. The Morgan fingerprint density at radius 1 is 1.31 bits per heavy atom. The lowest BCUT2D eigenvalue weighted by molar-refractivity contribution is -0.133. The number of halogens is 1. The Labute approximate surface area is 155 Å². The molecule has 1 amide bonds. The number of amides is 1. The molecule has 4 rings (SSSR count). The molecule has 0 bridgehead atoms. The van der Waals surface area contributed by atoms with Crippen LogP contribution in [0.1, 0.15) is 29.3 Å². The number of nitrogens with zero attached hydrogens (tertiary/aromatic N) is 1. The minimum Gasteiger partial charge on any atom is -0.356 e. The van der Waals surface area contributed by atoms with Crippen molar-refractivity contribution in [2.75, 3.05) is 13.1 Å². The molecule has 1 unspecified atom stereocenters. The van der Waals surface area contributed by atoms with E-state index in [4.69, 9.17) is 17.3 Å². The molecule has 3 heterocycles. The summed E-state index contributed by atoms with van der Waals surface area (Å²) in [5, 5.41) is 1.76. The van der Waals surface area contributed by atoms with Crippen LogP contribution < -0.4 is 11.3 Å². The van der Waals surface area contributed by atoms with Crippen LogP contribution in [-0.4, -0.2) is 33.9 Å². The smallest absolute Gasteiger partial charge is 0.247 e. The SMILES string of the molecule is NCCC(=O)N1CCc2c([nH]c3ccc(Cl)cc23)C1c1ccc(=O)[nH]c1. The number of fused-ring (bicyclic) bond motifs is 3. The summed E-state index contributed by atoms with van der Waals surface area (Å²) in [6, 6.07) is 8.70. The van der Waals surface area contributed by atoms with Crippen molar-refractivity contribution in [3.8, 4) is 0 Å². The first kappa shape index (κ1) is 16.9. The average molecular weight is 371 g/mol. The van der Waals surface area contributed by atoms with Crippen molar-refractivity contribution in [2.24, 2.45) is 5.73 Å². The first-order chi connectivity index (χ1) is 12.6. The molecule has 0 fully saturated rings. The lowest BCUT2D eigenvalue weighted by Gasteiger charge is -2.36. The molecule has 26 heavy (non-hydrogen) atoms. The van der Waals surface area contributed by atoms with Crippen LogP contribution in [0.2, 0.25) is 5.02 Å². The van der Waals surface area contributed by atoms with E-state index >= 15 is 0 Å². The molecule has 1 atom stereocenters. The first-order valence-electron chi connectivity index (χ1n) is 8.56. The molecule has 0 spiro atoms. The number of hydrogen-bond donors (Lipinski definition) is 3. The second kappa shape index (κ2) is 6.63. The van der Waals surface area contributed by atoms with E-state index in [2.05, 4.69) is 9.97 Å². The van der Waals surface area contributed by atoms with Gasteiger partial charge in [-0.2, -0.15) is 0 Å². The standard InChI is InChI=1S/C19H19ClN4O2/c20-12-2-3-15-14(9-12)13-6-8-24(17(26)5-7-21)19(18(13)23-15)11-1-4-16(25)22-10-11/h1-4,9-10,19,23H,5-8,21H2,(H,22,25). The summed E-state index contributed by atoms with van der Waals surface area (Å²) < 4.78 is 0. The highest BCUT2D eigenvalue weighted by molar-refractivity contribution is 6.31. The average Bonchev–Trinajstić information content (AvgIpc) is 3.00. The lowest BCUT2D eigenvalue weighted by atomic mass is 9.93. The molecule has 134 valence electrons. The van der Waals surface area contributed by atoms with Gasteiger partial charge >= 0.3 is 0 Å². The number of pyridine rings is 1. The molecule has 6 nitrogen and oxygen atoms in total. The number of aromatic amines is 2. The summed E-state index contributed by atoms with van der Waals surface area (Å²) in [5.41, 5.74) is 9.39. The van der Waals surface area contributed by atoms with E-state index in [1.54, 1.807) is 12.3 Å². The highest BCUT2D eigenvalue weighted by Crippen LogP contribution is 2.38. The molecule has 2 aromatic heterocycles. The fourth-order valence-corrected chi connectivity index (χ4v) is 3.91. The number of hydrogen-bond acceptors (Lipinski definition) is 3. The van der Waals surface area contributed by atoms with Gasteiger partial charge in [0, 0.05) is 53.4 Å². The van der Waals surface area contributed by atoms with Gasteiger partial charge in [-0.1, -0.05) is 11.6 Å². The van der Waals surface area contributed by atoms with Gasteiger partial charge < -0.3 is 20.6 Å². The topological polar surface area (TPSA) is 95.0 Å². The van der Waals surface area contributed by atoms with Crippen LogP contribution in [0, 0.1) is 0 Å². The van der Waals surface area contributed by atoms with Crippen molar-refractivity contribution in [1.82, 2.24) is 14.9 Å². The third-order valence-corrected chi connectivity index (χ3v) is 5.13. The molecule has 0 aliphatic carbocycles. The van der Waals surface area contributed by atoms with Crippen LogP contribution >= 0.6 is 11.6 Å². The number of benzene rings is 1. The van der Waals surface area contributed by atoms with E-state index in [1.165, 1.54) is 6.07 Å². The zero-order chi connectivity index (χ0) is 18.3. The molecule has 4 N–H and O–H groups in total. The largest absolute Gasteiger partial charge is 0.356 e. The first-order valence-corrected chi connectivity index (χ1v) is 8.94. The van der Waals surface area contributed by atoms with Crippen molar-refractivity contribution in [1.29, 1.82) is 0 Å². The van der Waals surface area contributed by atoms with Crippen LogP contribution in [0.3, 0.4) is 0 Å². The van der Waals surface area contributed by atoms with Gasteiger partial charge in [-0.05, 0) is 41.8 Å². The number of aromatic nitrogens is 2. The minimum atomic E-state index is -0.291. The normalized spacial score (nSPS) is 16.7. The number of carbonyl (C=O) groups is 1. The highest BCUT2D eigenvalue weighted by Gasteiger charge is 2.34. The van der Waals surface area contributed by atoms with Gasteiger partial charge in [0.15, 0.2) is 0 Å². The van der Waals surface area contributed by atoms with E-state index < -0.39 is 0 Å². The fraction of sp³-hybridized carbons (Fsp3) is 0.263. The van der Waals surface area contributed by atoms with Crippen molar-refractivity contribution in [3.63, 3.8) is 0 Å². The molecule has 1 aliphatic rings. The van der Waals surface area contributed by atoms with Gasteiger partial charge in [0.2, 0.25) is 11.5 Å². The summed E-state index contributed by atoms with van der Waals surface area (Å²) in [6.07, 6.45) is 2.70. The number of H-pyrrole nitrogens is 2. The summed E-state index contributed by atoms with van der Waals surface area (Å²) in [7, 11) is 0. The van der Waals surface area contributed by atoms with Gasteiger partial charge in [-0.15, -0.1) is 0 Å². The third-order valence-electron chi connectivity index (χ3n) is 4.89. The third kappa shape index (κ3) is 2.81. The van der Waals surface area contributed by atoms with E-state index in [-0.39, 0.29) is 17.5 Å². The molecule has 0 radical (unpaired) electrons. The van der Waals surface area contributed by atoms with Crippen LogP contribution in [0.25, 0.3) is 10.9 Å². The summed E-state index contributed by atoms with van der Waals surface area (Å²) in [5.74, 6) is 0.00559. The van der Waals surface area contributed by atoms with E-state index in [0.29, 0.717) is 24.5 Å². The Kier molecular flexibility index (Phi) is 4.30. The Bertz CT molecular complexity index is 1020. The number of nitrogens with two attached hydrogens (primary N) is 1. The second-order valence-corrected chi connectivity index (χ2v) is 6.91. The Morgan fingerprint density at radius 2 is 2.15 bits per heavy atom. The number of nitrogens with one attached hydrogen (secondary N) is 2. The molecular formula is C19H19ClN4O2. The van der Waals surface area contributed by atoms with E-state index in [0.717, 1.165) is 34.1 Å². The Balaban J connectivity index is 1.89. The Morgan fingerprint density at radius 3 is 2.88 bits per heavy atom. The molecular weight excluding hydrogens is 352 g/mol. The fourth-order valence-electron chi connectivity index (χ4n) is 3.74. The molecule has 1 aliphatic heterocycles. The second-order valence-electron chi connectivity index (χ2n) is 6.47. The van der Waals surface area contributed by atoms with Crippen molar-refractivity contribution < 1.29 is 4.79 Å². The zero-order valence-electron chi connectivity index (χ0n) is 14.1. The van der Waals surface area contributed by atoms with Crippen molar-refractivity contribution in [3.05, 3.63) is 68.7 Å². The van der Waals surface area contributed by atoms with Crippen LogP contribution in [0.4, 0.5) is 0 Å². The van der Waals surface area contributed by atoms with E-state index in [1.807, 2.05) is 23.1 Å². The molecule has 7 heteroatoms. The van der Waals surface area contributed by atoms with Crippen molar-refractivity contribution in [2.45, 2.75) is 18.9 Å². The number of rotatable bonds is 3. The Hall–Kier alpha value is -2.57. The quantitative estimate of drug-likeness (QED) is 0.660. The zero-order valence-corrected chi connectivity index (χ0v) is 14.8. The van der Waals surface area contributed by atoms with Gasteiger partial charge in [-0.3, -0.25) is 9.59 Å². The summed E-state index contributed by atoms with van der Waals surface area (Å²) in [6.45, 7) is 0.901. The monoisotopic (exact) mass is 370 g/mol. The summed E-state index contributed by atoms with van der Waals surface area (Å²) >= 11 is 6.18. The molecule has 3 aromatic rings. The minimum absolute atomic E-state index is 0.00559. The van der Waals surface area contributed by atoms with Gasteiger partial charge in [0.1, 0.15) is 0 Å².